The molecule has 1 saturated heterocycles. The van der Waals surface area contributed by atoms with Crippen LogP contribution in [0.2, 0.25) is 0 Å². The number of rotatable bonds is 4. The van der Waals surface area contributed by atoms with Crippen LogP contribution in [0.5, 0.6) is 0 Å². The molecule has 1 aromatic rings. The number of benzene rings is 1. The summed E-state index contributed by atoms with van der Waals surface area (Å²) in [5.74, 6) is -0.813. The molecular formula is C14H18FNO4S. The molecule has 21 heavy (non-hydrogen) atoms. The highest BCUT2D eigenvalue weighted by atomic mass is 32.2. The quantitative estimate of drug-likeness (QED) is 0.890. The van der Waals surface area contributed by atoms with Gasteiger partial charge in [0, 0.05) is 18.2 Å². The summed E-state index contributed by atoms with van der Waals surface area (Å²) in [4.78, 5) is 13.9. The third-order valence-corrected chi connectivity index (χ3v) is 5.41. The summed E-state index contributed by atoms with van der Waals surface area (Å²) in [7, 11) is -3.12. The minimum absolute atomic E-state index is 0.0509. The van der Waals surface area contributed by atoms with Crippen molar-refractivity contribution in [1.29, 1.82) is 0 Å². The Morgan fingerprint density at radius 3 is 2.71 bits per heavy atom. The molecule has 5 nitrogen and oxygen atoms in total. The van der Waals surface area contributed by atoms with Crippen molar-refractivity contribution in [3.63, 3.8) is 0 Å². The molecule has 0 radical (unpaired) electrons. The van der Waals surface area contributed by atoms with E-state index in [4.69, 9.17) is 5.11 Å². The number of aliphatic hydroxyl groups excluding tert-OH is 1. The van der Waals surface area contributed by atoms with E-state index >= 15 is 0 Å². The number of halogens is 1. The van der Waals surface area contributed by atoms with Gasteiger partial charge >= 0.3 is 0 Å². The molecule has 0 spiro atoms. The molecule has 1 aromatic carbocycles. The van der Waals surface area contributed by atoms with Crippen LogP contribution in [0.1, 0.15) is 22.3 Å². The first-order valence-electron chi connectivity index (χ1n) is 6.72. The van der Waals surface area contributed by atoms with Crippen molar-refractivity contribution < 1.29 is 22.7 Å². The molecule has 1 N–H and O–H groups in total. The van der Waals surface area contributed by atoms with Gasteiger partial charge in [-0.2, -0.15) is 0 Å². The van der Waals surface area contributed by atoms with Gasteiger partial charge in [0.1, 0.15) is 5.82 Å². The monoisotopic (exact) mass is 315 g/mol. The Kier molecular flexibility index (Phi) is 4.63. The van der Waals surface area contributed by atoms with Crippen LogP contribution in [0.3, 0.4) is 0 Å². The first-order chi connectivity index (χ1) is 9.84. The molecule has 1 atom stereocenters. The van der Waals surface area contributed by atoms with E-state index in [1.165, 1.54) is 23.1 Å². The molecule has 116 valence electrons. The summed E-state index contributed by atoms with van der Waals surface area (Å²) in [6.07, 6.45) is 0.369. The van der Waals surface area contributed by atoms with Crippen LogP contribution in [0, 0.1) is 12.7 Å². The molecule has 7 heteroatoms. The molecule has 2 rings (SSSR count). The van der Waals surface area contributed by atoms with Crippen molar-refractivity contribution in [2.24, 2.45) is 0 Å². The van der Waals surface area contributed by atoms with E-state index in [0.29, 0.717) is 17.5 Å². The van der Waals surface area contributed by atoms with Crippen LogP contribution < -0.4 is 0 Å². The van der Waals surface area contributed by atoms with Gasteiger partial charge in [0.2, 0.25) is 0 Å². The standard InChI is InChI=1S/C14H18FNO4S/c1-10-8-11(2-3-13(10)15)14(18)16(5-6-17)12-4-7-21(19,20)9-12/h2-3,8,12,17H,4-7,9H2,1H3. The van der Waals surface area contributed by atoms with Crippen molar-refractivity contribution in [3.05, 3.63) is 35.1 Å². The molecule has 1 aliphatic rings. The summed E-state index contributed by atoms with van der Waals surface area (Å²) in [5.41, 5.74) is 0.649. The number of hydrogen-bond donors (Lipinski definition) is 1. The highest BCUT2D eigenvalue weighted by molar-refractivity contribution is 7.91. The Balaban J connectivity index is 2.25. The third kappa shape index (κ3) is 3.59. The van der Waals surface area contributed by atoms with Gasteiger partial charge in [0.15, 0.2) is 9.84 Å². The predicted molar refractivity (Wildman–Crippen MR) is 76.3 cm³/mol. The lowest BCUT2D eigenvalue weighted by molar-refractivity contribution is 0.0655. The van der Waals surface area contributed by atoms with Crippen LogP contribution in [0.15, 0.2) is 18.2 Å². The summed E-state index contributed by atoms with van der Waals surface area (Å²) in [6, 6.07) is 3.59. The van der Waals surface area contributed by atoms with E-state index in [0.717, 1.165) is 0 Å². The van der Waals surface area contributed by atoms with Crippen LogP contribution in [0.4, 0.5) is 4.39 Å². The number of nitrogens with zero attached hydrogens (tertiary/aromatic N) is 1. The summed E-state index contributed by atoms with van der Waals surface area (Å²) in [5, 5.41) is 9.12. The number of aryl methyl sites for hydroxylation is 1. The number of carbonyl (C=O) groups is 1. The molecule has 0 saturated carbocycles. The molecule has 1 aliphatic heterocycles. The number of amides is 1. The fourth-order valence-corrected chi connectivity index (χ4v) is 4.25. The normalized spacial score (nSPS) is 20.4. The van der Waals surface area contributed by atoms with Gasteiger partial charge in [-0.3, -0.25) is 4.79 Å². The zero-order valence-corrected chi connectivity index (χ0v) is 12.6. The maximum Gasteiger partial charge on any atom is 0.254 e. The molecule has 1 fully saturated rings. The zero-order chi connectivity index (χ0) is 15.6. The molecule has 1 amide bonds. The van der Waals surface area contributed by atoms with E-state index in [-0.39, 0.29) is 30.6 Å². The average Bonchev–Trinajstić information content (AvgIpc) is 2.78. The molecule has 1 unspecified atom stereocenters. The van der Waals surface area contributed by atoms with E-state index in [1.54, 1.807) is 6.92 Å². The second kappa shape index (κ2) is 6.11. The summed E-state index contributed by atoms with van der Waals surface area (Å²) in [6.45, 7) is 1.38. The van der Waals surface area contributed by atoms with E-state index in [1.807, 2.05) is 0 Å². The number of carbonyl (C=O) groups excluding carboxylic acids is 1. The lowest BCUT2D eigenvalue weighted by Crippen LogP contribution is -2.42. The Labute approximate surface area is 123 Å². The average molecular weight is 315 g/mol. The minimum atomic E-state index is -3.12. The fourth-order valence-electron chi connectivity index (χ4n) is 2.52. The van der Waals surface area contributed by atoms with Gasteiger partial charge in [-0.05, 0) is 37.1 Å². The summed E-state index contributed by atoms with van der Waals surface area (Å²) >= 11 is 0. The lowest BCUT2D eigenvalue weighted by atomic mass is 10.1. The van der Waals surface area contributed by atoms with Crippen LogP contribution in [-0.2, 0) is 9.84 Å². The highest BCUT2D eigenvalue weighted by Gasteiger charge is 2.34. The van der Waals surface area contributed by atoms with Crippen molar-refractivity contribution in [3.8, 4) is 0 Å². The van der Waals surface area contributed by atoms with Crippen LogP contribution in [0.25, 0.3) is 0 Å². The molecule has 0 aromatic heterocycles. The van der Waals surface area contributed by atoms with Crippen molar-refractivity contribution in [2.75, 3.05) is 24.7 Å². The van der Waals surface area contributed by atoms with E-state index < -0.39 is 21.7 Å². The first kappa shape index (κ1) is 15.9. The molecule has 0 aliphatic carbocycles. The Morgan fingerprint density at radius 1 is 1.48 bits per heavy atom. The van der Waals surface area contributed by atoms with E-state index in [2.05, 4.69) is 0 Å². The molecular weight excluding hydrogens is 297 g/mol. The van der Waals surface area contributed by atoms with Crippen LogP contribution >= 0.6 is 0 Å². The molecule has 0 bridgehead atoms. The first-order valence-corrected chi connectivity index (χ1v) is 8.54. The van der Waals surface area contributed by atoms with Crippen molar-refractivity contribution in [2.45, 2.75) is 19.4 Å². The minimum Gasteiger partial charge on any atom is -0.395 e. The van der Waals surface area contributed by atoms with Gasteiger partial charge < -0.3 is 10.0 Å². The maximum absolute atomic E-state index is 13.3. The Morgan fingerprint density at radius 2 is 2.19 bits per heavy atom. The number of hydrogen-bond acceptors (Lipinski definition) is 4. The van der Waals surface area contributed by atoms with E-state index in [9.17, 15) is 17.6 Å². The van der Waals surface area contributed by atoms with Gasteiger partial charge in [-0.15, -0.1) is 0 Å². The molecule has 1 heterocycles. The third-order valence-electron chi connectivity index (χ3n) is 3.66. The maximum atomic E-state index is 13.3. The van der Waals surface area contributed by atoms with Gasteiger partial charge in [0.05, 0.1) is 18.1 Å². The number of sulfone groups is 1. The van der Waals surface area contributed by atoms with Crippen LogP contribution in [-0.4, -0.2) is 55.0 Å². The van der Waals surface area contributed by atoms with Gasteiger partial charge in [-0.1, -0.05) is 0 Å². The van der Waals surface area contributed by atoms with Crippen molar-refractivity contribution >= 4 is 15.7 Å². The largest absolute Gasteiger partial charge is 0.395 e. The Bertz CT molecular complexity index is 644. The van der Waals surface area contributed by atoms with Gasteiger partial charge in [0.25, 0.3) is 5.91 Å². The summed E-state index contributed by atoms with van der Waals surface area (Å²) < 4.78 is 36.4. The SMILES string of the molecule is Cc1cc(C(=O)N(CCO)C2CCS(=O)(=O)C2)ccc1F. The second-order valence-corrected chi connectivity index (χ2v) is 7.47. The Hall–Kier alpha value is -1.47. The highest BCUT2D eigenvalue weighted by Crippen LogP contribution is 2.20. The number of aliphatic hydroxyl groups is 1. The van der Waals surface area contributed by atoms with Gasteiger partial charge in [-0.25, -0.2) is 12.8 Å². The lowest BCUT2D eigenvalue weighted by Gasteiger charge is -2.27. The predicted octanol–water partition coefficient (Wildman–Crippen LogP) is 0.756. The smallest absolute Gasteiger partial charge is 0.254 e. The second-order valence-electron chi connectivity index (χ2n) is 5.24. The fraction of sp³-hybridized carbons (Fsp3) is 0.500. The van der Waals surface area contributed by atoms with Crippen molar-refractivity contribution in [1.82, 2.24) is 4.90 Å². The topological polar surface area (TPSA) is 74.7 Å². The zero-order valence-electron chi connectivity index (χ0n) is 11.8.